The van der Waals surface area contributed by atoms with Gasteiger partial charge in [-0.3, -0.25) is 13.8 Å². The van der Waals surface area contributed by atoms with Crippen LogP contribution in [0.4, 0.5) is 0 Å². The monoisotopic (exact) mass is 845 g/mol. The number of amides is 1. The van der Waals surface area contributed by atoms with E-state index in [1.54, 1.807) is 0 Å². The summed E-state index contributed by atoms with van der Waals surface area (Å²) in [5.74, 6) is -0.154. The predicted octanol–water partition coefficient (Wildman–Crippen LogP) is 15.0. The predicted molar refractivity (Wildman–Crippen MR) is 249 cm³/mol. The van der Waals surface area contributed by atoms with E-state index in [2.05, 4.69) is 19.2 Å². The third-order valence-electron chi connectivity index (χ3n) is 12.0. The van der Waals surface area contributed by atoms with Gasteiger partial charge in [-0.05, 0) is 12.8 Å². The largest absolute Gasteiger partial charge is 0.472 e. The van der Waals surface area contributed by atoms with Gasteiger partial charge in [-0.15, -0.1) is 0 Å². The van der Waals surface area contributed by atoms with Crippen molar-refractivity contribution in [3.05, 3.63) is 0 Å². The van der Waals surface area contributed by atoms with E-state index >= 15 is 0 Å². The van der Waals surface area contributed by atoms with Crippen LogP contribution < -0.4 is 11.1 Å². The molecule has 348 valence electrons. The van der Waals surface area contributed by atoms with Gasteiger partial charge in [0, 0.05) is 13.0 Å². The maximum absolute atomic E-state index is 12.8. The molecule has 0 radical (unpaired) electrons. The minimum atomic E-state index is -4.31. The minimum absolute atomic E-state index is 0.0928. The summed E-state index contributed by atoms with van der Waals surface area (Å²) in [7, 11) is -4.31. The van der Waals surface area contributed by atoms with Crippen molar-refractivity contribution in [3.8, 4) is 0 Å². The summed E-state index contributed by atoms with van der Waals surface area (Å²) in [5, 5.41) is 13.9. The number of hydrogen-bond acceptors (Lipinski definition) is 6. The van der Waals surface area contributed by atoms with Crippen molar-refractivity contribution in [1.82, 2.24) is 5.32 Å². The molecule has 0 aliphatic heterocycles. The maximum atomic E-state index is 12.8. The van der Waals surface area contributed by atoms with Crippen molar-refractivity contribution in [2.45, 2.75) is 289 Å². The Balaban J connectivity index is 4.01. The molecule has 5 N–H and O–H groups in total. The number of phosphoric acid groups is 1. The Morgan fingerprint density at radius 2 is 0.793 bits per heavy atom. The zero-order valence-corrected chi connectivity index (χ0v) is 39.7. The standard InChI is InChI=1S/C49H101N2O6P/c1-3-5-7-9-11-13-15-17-19-21-23-25-27-29-31-33-35-37-39-41-43-49(53)51-47(46-57-58(54,55)56-45-44-50)48(52)42-40-38-36-34-32-30-28-26-24-22-20-18-16-14-12-10-8-6-4-2/h47-48,52H,3-46,50H2,1-2H3,(H,51,53)(H,54,55). The molecule has 0 aliphatic rings. The van der Waals surface area contributed by atoms with Crippen molar-refractivity contribution in [3.63, 3.8) is 0 Å². The van der Waals surface area contributed by atoms with Gasteiger partial charge in [0.05, 0.1) is 25.4 Å². The molecular formula is C49H101N2O6P. The molecule has 8 nitrogen and oxygen atoms in total. The van der Waals surface area contributed by atoms with Gasteiger partial charge in [-0.1, -0.05) is 258 Å². The number of hydrogen-bond donors (Lipinski definition) is 4. The Hall–Kier alpha value is -0.500. The van der Waals surface area contributed by atoms with E-state index in [0.717, 1.165) is 38.5 Å². The van der Waals surface area contributed by atoms with E-state index in [9.17, 15) is 19.4 Å². The lowest BCUT2D eigenvalue weighted by molar-refractivity contribution is -0.123. The van der Waals surface area contributed by atoms with Gasteiger partial charge in [-0.2, -0.15) is 0 Å². The zero-order valence-electron chi connectivity index (χ0n) is 38.8. The van der Waals surface area contributed by atoms with E-state index in [-0.39, 0.29) is 25.7 Å². The van der Waals surface area contributed by atoms with Crippen molar-refractivity contribution >= 4 is 13.7 Å². The van der Waals surface area contributed by atoms with Crippen LogP contribution in [0.15, 0.2) is 0 Å². The van der Waals surface area contributed by atoms with Crippen molar-refractivity contribution in [1.29, 1.82) is 0 Å². The molecule has 0 aromatic heterocycles. The number of rotatable bonds is 49. The topological polar surface area (TPSA) is 131 Å². The number of aliphatic hydroxyl groups is 1. The molecule has 0 saturated heterocycles. The van der Waals surface area contributed by atoms with Crippen molar-refractivity contribution < 1.29 is 28.4 Å². The average molecular weight is 845 g/mol. The average Bonchev–Trinajstić information content (AvgIpc) is 3.21. The third kappa shape index (κ3) is 43.6. The SMILES string of the molecule is CCCCCCCCCCCCCCCCCCCCCCC(=O)NC(COP(=O)(O)OCCN)C(O)CCCCCCCCCCCCCCCCCCCCC. The smallest absolute Gasteiger partial charge is 0.391 e. The van der Waals surface area contributed by atoms with Gasteiger partial charge in [-0.25, -0.2) is 4.57 Å². The fraction of sp³-hybridized carbons (Fsp3) is 0.980. The summed E-state index contributed by atoms with van der Waals surface area (Å²) < 4.78 is 22.3. The Morgan fingerprint density at radius 1 is 0.500 bits per heavy atom. The highest BCUT2D eigenvalue weighted by Gasteiger charge is 2.27. The van der Waals surface area contributed by atoms with Gasteiger partial charge in [0.1, 0.15) is 0 Å². The number of nitrogens with two attached hydrogens (primary N) is 1. The second-order valence-corrected chi connectivity index (χ2v) is 19.2. The van der Waals surface area contributed by atoms with Crippen LogP contribution in [0.3, 0.4) is 0 Å². The van der Waals surface area contributed by atoms with Gasteiger partial charge >= 0.3 is 7.82 Å². The van der Waals surface area contributed by atoms with E-state index in [1.165, 1.54) is 212 Å². The molecule has 3 atom stereocenters. The number of phosphoric ester groups is 1. The van der Waals surface area contributed by atoms with Crippen LogP contribution in [-0.4, -0.2) is 47.8 Å². The maximum Gasteiger partial charge on any atom is 0.472 e. The molecule has 0 bridgehead atoms. The van der Waals surface area contributed by atoms with E-state index in [1.807, 2.05) is 0 Å². The molecule has 0 fully saturated rings. The highest BCUT2D eigenvalue weighted by atomic mass is 31.2. The number of unbranched alkanes of at least 4 members (excludes halogenated alkanes) is 37. The van der Waals surface area contributed by atoms with Gasteiger partial charge < -0.3 is 21.1 Å². The van der Waals surface area contributed by atoms with Crippen LogP contribution in [-0.2, 0) is 18.4 Å². The van der Waals surface area contributed by atoms with Crippen LogP contribution in [0.5, 0.6) is 0 Å². The Morgan fingerprint density at radius 3 is 1.10 bits per heavy atom. The Bertz CT molecular complexity index is 880. The summed E-state index contributed by atoms with van der Waals surface area (Å²) >= 11 is 0. The summed E-state index contributed by atoms with van der Waals surface area (Å²) in [6.45, 7) is 4.26. The third-order valence-corrected chi connectivity index (χ3v) is 12.9. The number of carbonyl (C=O) groups excluding carboxylic acids is 1. The van der Waals surface area contributed by atoms with Crippen molar-refractivity contribution in [2.75, 3.05) is 19.8 Å². The number of aliphatic hydroxyl groups excluding tert-OH is 1. The molecule has 0 aromatic carbocycles. The molecule has 0 rings (SSSR count). The molecule has 0 aromatic rings. The second-order valence-electron chi connectivity index (χ2n) is 17.7. The lowest BCUT2D eigenvalue weighted by atomic mass is 10.0. The first-order chi connectivity index (χ1) is 28.4. The minimum Gasteiger partial charge on any atom is -0.391 e. The zero-order chi connectivity index (χ0) is 42.5. The van der Waals surface area contributed by atoms with E-state index < -0.39 is 20.0 Å². The molecule has 0 heterocycles. The van der Waals surface area contributed by atoms with Crippen LogP contribution >= 0.6 is 7.82 Å². The van der Waals surface area contributed by atoms with Crippen LogP contribution in [0.1, 0.15) is 277 Å². The van der Waals surface area contributed by atoms with Crippen LogP contribution in [0, 0.1) is 0 Å². The fourth-order valence-electron chi connectivity index (χ4n) is 8.08. The van der Waals surface area contributed by atoms with Gasteiger partial charge in [0.2, 0.25) is 5.91 Å². The molecule has 0 saturated carbocycles. The number of nitrogens with one attached hydrogen (secondary N) is 1. The lowest BCUT2D eigenvalue weighted by Crippen LogP contribution is -2.46. The molecule has 0 aliphatic carbocycles. The molecule has 1 amide bonds. The summed E-state index contributed by atoms with van der Waals surface area (Å²) in [4.78, 5) is 22.8. The van der Waals surface area contributed by atoms with Crippen LogP contribution in [0.2, 0.25) is 0 Å². The highest BCUT2D eigenvalue weighted by Crippen LogP contribution is 2.43. The highest BCUT2D eigenvalue weighted by molar-refractivity contribution is 7.47. The van der Waals surface area contributed by atoms with Crippen LogP contribution in [0.25, 0.3) is 0 Å². The molecule has 3 unspecified atom stereocenters. The first-order valence-corrected chi connectivity index (χ1v) is 27.1. The first-order valence-electron chi connectivity index (χ1n) is 25.7. The van der Waals surface area contributed by atoms with E-state index in [4.69, 9.17) is 14.8 Å². The summed E-state index contributed by atoms with van der Waals surface area (Å²) in [5.41, 5.74) is 5.40. The molecule has 0 spiro atoms. The normalized spacial score (nSPS) is 13.8. The molecule has 58 heavy (non-hydrogen) atoms. The lowest BCUT2D eigenvalue weighted by Gasteiger charge is -2.25. The van der Waals surface area contributed by atoms with Crippen molar-refractivity contribution in [2.24, 2.45) is 5.73 Å². The quantitative estimate of drug-likeness (QED) is 0.0354. The fourth-order valence-corrected chi connectivity index (χ4v) is 8.84. The second kappa shape index (κ2) is 46.0. The summed E-state index contributed by atoms with van der Waals surface area (Å²) in [6.07, 6.45) is 51.2. The Kier molecular flexibility index (Phi) is 45.6. The van der Waals surface area contributed by atoms with E-state index in [0.29, 0.717) is 12.8 Å². The molecular weight excluding hydrogens is 744 g/mol. The first kappa shape index (κ1) is 57.5. The number of carbonyl (C=O) groups is 1. The Labute approximate surface area is 361 Å². The van der Waals surface area contributed by atoms with Gasteiger partial charge in [0.15, 0.2) is 0 Å². The van der Waals surface area contributed by atoms with Gasteiger partial charge in [0.25, 0.3) is 0 Å². The summed E-state index contributed by atoms with van der Waals surface area (Å²) in [6, 6.07) is -0.768. The molecule has 9 heteroatoms.